The van der Waals surface area contributed by atoms with E-state index in [0.29, 0.717) is 0 Å². The summed E-state index contributed by atoms with van der Waals surface area (Å²) < 4.78 is 37.6. The zero-order chi connectivity index (χ0) is 6.57. The van der Waals surface area contributed by atoms with E-state index in [1.807, 2.05) is 0 Å². The first-order valence-corrected chi connectivity index (χ1v) is 2.16. The van der Waals surface area contributed by atoms with Crippen molar-refractivity contribution in [2.24, 2.45) is 0 Å². The molecule has 0 saturated heterocycles. The van der Waals surface area contributed by atoms with Crippen LogP contribution in [0.5, 0.6) is 0 Å². The molecule has 1 unspecified atom stereocenters. The third kappa shape index (κ3) is 5.75. The summed E-state index contributed by atoms with van der Waals surface area (Å²) in [7, 11) is 0. The molecule has 0 aliphatic carbocycles. The molecule has 0 aliphatic rings. The Balaban J connectivity index is 2.93. The Morgan fingerprint density at radius 2 is 1.88 bits per heavy atom. The zero-order valence-electron chi connectivity index (χ0n) is 4.40. The van der Waals surface area contributed by atoms with Gasteiger partial charge in [-0.3, -0.25) is 0 Å². The quantitative estimate of drug-likeness (QED) is 0.560. The van der Waals surface area contributed by atoms with Gasteiger partial charge in [0.15, 0.2) is 6.36 Å². The maximum atomic E-state index is 11.5. The zero-order valence-corrected chi connectivity index (χ0v) is 4.40. The largest absolute Gasteiger partial charge is 0.342 e. The lowest BCUT2D eigenvalue weighted by atomic mass is 10.7. The summed E-state index contributed by atoms with van der Waals surface area (Å²) in [5.41, 5.74) is 0. The van der Waals surface area contributed by atoms with Crippen molar-refractivity contribution in [2.75, 3.05) is 6.61 Å². The fourth-order valence-corrected chi connectivity index (χ4v) is 0.205. The van der Waals surface area contributed by atoms with Gasteiger partial charge >= 0.3 is 0 Å². The molecule has 0 fully saturated rings. The van der Waals surface area contributed by atoms with Crippen LogP contribution in [0.1, 0.15) is 6.92 Å². The lowest BCUT2D eigenvalue weighted by Crippen LogP contribution is -2.08. The van der Waals surface area contributed by atoms with Gasteiger partial charge in [-0.25, -0.2) is 13.2 Å². The molecular formula is C4H7F3O. The average Bonchev–Trinajstić information content (AvgIpc) is 1.61. The van der Waals surface area contributed by atoms with Gasteiger partial charge in [-0.1, -0.05) is 0 Å². The molecule has 0 rings (SSSR count). The molecule has 0 aromatic heterocycles. The Morgan fingerprint density at radius 1 is 1.38 bits per heavy atom. The molecule has 50 valence electrons. The van der Waals surface area contributed by atoms with Crippen LogP contribution >= 0.6 is 0 Å². The second kappa shape index (κ2) is 3.72. The Kier molecular flexibility index (Phi) is 3.60. The highest BCUT2D eigenvalue weighted by Crippen LogP contribution is 1.96. The average molecular weight is 128 g/mol. The number of alkyl halides is 3. The maximum absolute atomic E-state index is 11.5. The van der Waals surface area contributed by atoms with Crippen molar-refractivity contribution >= 4 is 0 Å². The van der Waals surface area contributed by atoms with Crippen LogP contribution in [0, 0.1) is 0 Å². The van der Waals surface area contributed by atoms with Crippen LogP contribution in [0.4, 0.5) is 13.2 Å². The summed E-state index contributed by atoms with van der Waals surface area (Å²) in [5, 5.41) is 0. The van der Waals surface area contributed by atoms with E-state index in [9.17, 15) is 13.2 Å². The van der Waals surface area contributed by atoms with E-state index < -0.39 is 19.4 Å². The highest BCUT2D eigenvalue weighted by atomic mass is 19.3. The van der Waals surface area contributed by atoms with E-state index >= 15 is 0 Å². The Labute approximate surface area is 45.4 Å². The molecule has 0 aliphatic heterocycles. The Morgan fingerprint density at radius 3 is 2.00 bits per heavy atom. The van der Waals surface area contributed by atoms with Gasteiger partial charge in [-0.2, -0.15) is 0 Å². The molecule has 0 N–H and O–H groups in total. The van der Waals surface area contributed by atoms with Crippen molar-refractivity contribution < 1.29 is 17.9 Å². The van der Waals surface area contributed by atoms with Crippen molar-refractivity contribution in [1.29, 1.82) is 0 Å². The molecule has 0 amide bonds. The van der Waals surface area contributed by atoms with Gasteiger partial charge in [-0.15, -0.1) is 0 Å². The van der Waals surface area contributed by atoms with Gasteiger partial charge in [0.1, 0.15) is 6.61 Å². The van der Waals surface area contributed by atoms with E-state index in [0.717, 1.165) is 6.92 Å². The van der Waals surface area contributed by atoms with Gasteiger partial charge in [0, 0.05) is 0 Å². The highest BCUT2D eigenvalue weighted by Gasteiger charge is 2.04. The molecule has 0 spiro atoms. The van der Waals surface area contributed by atoms with Crippen molar-refractivity contribution in [1.82, 2.24) is 0 Å². The van der Waals surface area contributed by atoms with Gasteiger partial charge < -0.3 is 4.74 Å². The van der Waals surface area contributed by atoms with Crippen molar-refractivity contribution in [3.63, 3.8) is 0 Å². The Hall–Kier alpha value is -0.250. The second-order valence-electron chi connectivity index (χ2n) is 1.27. The van der Waals surface area contributed by atoms with E-state index in [-0.39, 0.29) is 0 Å². The number of hydrogen-bond donors (Lipinski definition) is 0. The second-order valence-corrected chi connectivity index (χ2v) is 1.27. The minimum absolute atomic E-state index is 0.822. The summed E-state index contributed by atoms with van der Waals surface area (Å²) in [6, 6.07) is 0. The monoisotopic (exact) mass is 128 g/mol. The maximum Gasteiger partial charge on any atom is 0.261 e. The van der Waals surface area contributed by atoms with E-state index in [1.165, 1.54) is 0 Å². The topological polar surface area (TPSA) is 9.23 Å². The molecule has 0 radical (unpaired) electrons. The standard InChI is InChI=1S/C4H7F3O/c1-3(5)8-2-4(6)7/h3-4H,2H2,1H3. The van der Waals surface area contributed by atoms with Gasteiger partial charge in [0.25, 0.3) is 6.43 Å². The lowest BCUT2D eigenvalue weighted by molar-refractivity contribution is -0.0717. The number of halogens is 3. The third-order valence-electron chi connectivity index (χ3n) is 0.452. The van der Waals surface area contributed by atoms with E-state index in [1.54, 1.807) is 0 Å². The Bertz CT molecular complexity index is 47.2. The molecule has 0 bridgehead atoms. The first-order chi connectivity index (χ1) is 3.63. The van der Waals surface area contributed by atoms with Crippen molar-refractivity contribution in [3.05, 3.63) is 0 Å². The van der Waals surface area contributed by atoms with Crippen LogP contribution in [-0.4, -0.2) is 19.4 Å². The predicted octanol–water partition coefficient (Wildman–Crippen LogP) is 1.58. The molecule has 1 atom stereocenters. The fraction of sp³-hybridized carbons (Fsp3) is 1.00. The van der Waals surface area contributed by atoms with E-state index in [2.05, 4.69) is 4.74 Å². The summed E-state index contributed by atoms with van der Waals surface area (Å²) in [5.74, 6) is 0. The fourth-order valence-electron chi connectivity index (χ4n) is 0.205. The molecule has 4 heteroatoms. The summed E-state index contributed by atoms with van der Waals surface area (Å²) in [4.78, 5) is 0. The van der Waals surface area contributed by atoms with Crippen LogP contribution in [0.15, 0.2) is 0 Å². The number of rotatable bonds is 3. The molecular weight excluding hydrogens is 121 g/mol. The van der Waals surface area contributed by atoms with Gasteiger partial charge in [0.2, 0.25) is 0 Å². The van der Waals surface area contributed by atoms with Gasteiger partial charge in [-0.05, 0) is 6.92 Å². The van der Waals surface area contributed by atoms with Crippen molar-refractivity contribution in [2.45, 2.75) is 19.7 Å². The first-order valence-electron chi connectivity index (χ1n) is 2.16. The number of ether oxygens (including phenoxy) is 1. The van der Waals surface area contributed by atoms with Crippen LogP contribution in [0.25, 0.3) is 0 Å². The molecule has 8 heavy (non-hydrogen) atoms. The van der Waals surface area contributed by atoms with Gasteiger partial charge in [0.05, 0.1) is 0 Å². The normalized spacial score (nSPS) is 14.6. The van der Waals surface area contributed by atoms with Crippen LogP contribution < -0.4 is 0 Å². The molecule has 0 heterocycles. The summed E-state index contributed by atoms with van der Waals surface area (Å²) in [6.07, 6.45) is -4.17. The lowest BCUT2D eigenvalue weighted by Gasteiger charge is -2.01. The third-order valence-corrected chi connectivity index (χ3v) is 0.452. The molecule has 0 saturated carbocycles. The van der Waals surface area contributed by atoms with Crippen LogP contribution in [0.2, 0.25) is 0 Å². The number of hydrogen-bond acceptors (Lipinski definition) is 1. The van der Waals surface area contributed by atoms with Crippen LogP contribution in [0.3, 0.4) is 0 Å². The minimum atomic E-state index is -2.58. The first kappa shape index (κ1) is 7.75. The minimum Gasteiger partial charge on any atom is -0.342 e. The van der Waals surface area contributed by atoms with Crippen LogP contribution in [-0.2, 0) is 4.74 Å². The SMILES string of the molecule is CC(F)OCC(F)F. The smallest absolute Gasteiger partial charge is 0.261 e. The molecule has 1 nitrogen and oxygen atoms in total. The van der Waals surface area contributed by atoms with Crippen molar-refractivity contribution in [3.8, 4) is 0 Å². The summed E-state index contributed by atoms with van der Waals surface area (Å²) >= 11 is 0. The summed E-state index contributed by atoms with van der Waals surface area (Å²) in [6.45, 7) is 0.236. The predicted molar refractivity (Wildman–Crippen MR) is 22.5 cm³/mol. The molecule has 0 aromatic rings. The van der Waals surface area contributed by atoms with E-state index in [4.69, 9.17) is 0 Å². The molecule has 0 aromatic carbocycles. The highest BCUT2D eigenvalue weighted by molar-refractivity contribution is 4.33.